The number of nitrogens with one attached hydrogen (secondary N) is 2. The molecule has 0 saturated carbocycles. The van der Waals surface area contributed by atoms with Crippen LogP contribution in [0.5, 0.6) is 0 Å². The van der Waals surface area contributed by atoms with Crippen molar-refractivity contribution < 1.29 is 14.3 Å². The standard InChI is InChI=1S/C21H32N4O3/c22-21(26)20-12-19-14-25(20)10-9-23-15-27-11-5-1-2-6-17-7-3-4-8-18(17)13-24-16-28-19/h2-4,6-8,19-20,23-24H,1,5,9-16H2,(H2,22,26)/b6-2-. The Morgan fingerprint density at radius 3 is 3.00 bits per heavy atom. The molecule has 3 atom stereocenters. The first-order valence-corrected chi connectivity index (χ1v) is 10.1. The Hall–Kier alpha value is -1.77. The van der Waals surface area contributed by atoms with Crippen molar-refractivity contribution in [3.63, 3.8) is 0 Å². The molecule has 4 N–H and O–H groups in total. The normalized spacial score (nSPS) is 29.1. The third-order valence-corrected chi connectivity index (χ3v) is 5.22. The van der Waals surface area contributed by atoms with E-state index in [4.69, 9.17) is 15.2 Å². The molecule has 3 unspecified atom stereocenters. The summed E-state index contributed by atoms with van der Waals surface area (Å²) in [5.41, 5.74) is 8.04. The highest BCUT2D eigenvalue weighted by atomic mass is 16.5. The monoisotopic (exact) mass is 388 g/mol. The van der Waals surface area contributed by atoms with Crippen molar-refractivity contribution in [1.82, 2.24) is 15.5 Å². The van der Waals surface area contributed by atoms with E-state index in [9.17, 15) is 4.79 Å². The number of nitrogens with two attached hydrogens (primary N) is 1. The topological polar surface area (TPSA) is 88.9 Å². The summed E-state index contributed by atoms with van der Waals surface area (Å²) in [5, 5.41) is 6.63. The molecule has 2 heterocycles. The molecule has 7 heteroatoms. The van der Waals surface area contributed by atoms with Crippen LogP contribution in [0.2, 0.25) is 0 Å². The Labute approximate surface area is 167 Å². The van der Waals surface area contributed by atoms with Gasteiger partial charge < -0.3 is 15.2 Å². The molecule has 28 heavy (non-hydrogen) atoms. The van der Waals surface area contributed by atoms with Gasteiger partial charge in [-0.3, -0.25) is 20.3 Å². The van der Waals surface area contributed by atoms with Crippen LogP contribution in [0.4, 0.5) is 0 Å². The zero-order chi connectivity index (χ0) is 19.6. The average molecular weight is 389 g/mol. The van der Waals surface area contributed by atoms with Crippen LogP contribution in [0.1, 0.15) is 30.4 Å². The second-order valence-electron chi connectivity index (χ2n) is 7.30. The van der Waals surface area contributed by atoms with E-state index in [1.54, 1.807) is 0 Å². The first kappa shape index (κ1) is 21.0. The number of ether oxygens (including phenoxy) is 2. The zero-order valence-electron chi connectivity index (χ0n) is 16.4. The molecule has 1 fully saturated rings. The number of rotatable bonds is 1. The van der Waals surface area contributed by atoms with Gasteiger partial charge in [-0.25, -0.2) is 0 Å². The van der Waals surface area contributed by atoms with Gasteiger partial charge in [0.1, 0.15) is 0 Å². The Morgan fingerprint density at radius 2 is 2.11 bits per heavy atom. The minimum absolute atomic E-state index is 0.0125. The molecule has 0 spiro atoms. The predicted octanol–water partition coefficient (Wildman–Crippen LogP) is 1.05. The van der Waals surface area contributed by atoms with Gasteiger partial charge in [0.05, 0.1) is 25.6 Å². The first-order valence-electron chi connectivity index (χ1n) is 10.1. The molecular formula is C21H32N4O3. The molecule has 2 bridgehead atoms. The van der Waals surface area contributed by atoms with E-state index in [1.165, 1.54) is 11.1 Å². The minimum Gasteiger partial charge on any atom is -0.368 e. The summed E-state index contributed by atoms with van der Waals surface area (Å²) in [5.74, 6) is -0.279. The number of hydrogen-bond acceptors (Lipinski definition) is 6. The van der Waals surface area contributed by atoms with E-state index in [-0.39, 0.29) is 18.1 Å². The van der Waals surface area contributed by atoms with Gasteiger partial charge >= 0.3 is 0 Å². The maximum atomic E-state index is 11.8. The van der Waals surface area contributed by atoms with Crippen molar-refractivity contribution in [3.05, 3.63) is 41.5 Å². The fraction of sp³-hybridized carbons (Fsp3) is 0.571. The number of primary amides is 1. The highest BCUT2D eigenvalue weighted by molar-refractivity contribution is 5.80. The van der Waals surface area contributed by atoms with Crippen molar-refractivity contribution in [1.29, 1.82) is 0 Å². The smallest absolute Gasteiger partial charge is 0.234 e. The number of benzene rings is 1. The molecule has 0 aliphatic carbocycles. The Kier molecular flexibility index (Phi) is 8.44. The second kappa shape index (κ2) is 11.3. The fourth-order valence-electron chi connectivity index (χ4n) is 3.70. The lowest BCUT2D eigenvalue weighted by atomic mass is 10.1. The molecule has 1 aromatic rings. The largest absolute Gasteiger partial charge is 0.368 e. The zero-order valence-corrected chi connectivity index (χ0v) is 16.4. The van der Waals surface area contributed by atoms with Gasteiger partial charge in [0.15, 0.2) is 0 Å². The molecule has 1 aromatic carbocycles. The van der Waals surface area contributed by atoms with Crippen LogP contribution in [-0.2, 0) is 20.8 Å². The predicted molar refractivity (Wildman–Crippen MR) is 109 cm³/mol. The lowest BCUT2D eigenvalue weighted by Gasteiger charge is -2.21. The number of fused-ring (bicyclic) bond motifs is 3. The number of carbonyl (C=O) groups is 1. The SMILES string of the molecule is NC(=O)C1CC2CN1CCNCOCCC/C=C\c1ccccc1CNCO2. The Morgan fingerprint density at radius 1 is 1.21 bits per heavy atom. The summed E-state index contributed by atoms with van der Waals surface area (Å²) in [6.45, 7) is 4.66. The van der Waals surface area contributed by atoms with E-state index < -0.39 is 0 Å². The van der Waals surface area contributed by atoms with E-state index in [2.05, 4.69) is 52.0 Å². The third kappa shape index (κ3) is 6.39. The summed E-state index contributed by atoms with van der Waals surface area (Å²) in [4.78, 5) is 13.9. The van der Waals surface area contributed by atoms with E-state index in [0.717, 1.165) is 45.6 Å². The molecule has 7 nitrogen and oxygen atoms in total. The van der Waals surface area contributed by atoms with Gasteiger partial charge in [-0.15, -0.1) is 0 Å². The van der Waals surface area contributed by atoms with Gasteiger partial charge in [-0.2, -0.15) is 0 Å². The lowest BCUT2D eigenvalue weighted by molar-refractivity contribution is -0.122. The summed E-state index contributed by atoms with van der Waals surface area (Å²) in [7, 11) is 0. The molecule has 1 saturated heterocycles. The van der Waals surface area contributed by atoms with Crippen molar-refractivity contribution in [3.8, 4) is 0 Å². The summed E-state index contributed by atoms with van der Waals surface area (Å²) in [6, 6.07) is 8.11. The molecule has 0 radical (unpaired) electrons. The molecule has 3 rings (SSSR count). The van der Waals surface area contributed by atoms with Crippen LogP contribution >= 0.6 is 0 Å². The average Bonchev–Trinajstić information content (AvgIpc) is 3.10. The highest BCUT2D eigenvalue weighted by Crippen LogP contribution is 2.19. The van der Waals surface area contributed by atoms with E-state index >= 15 is 0 Å². The third-order valence-electron chi connectivity index (χ3n) is 5.22. The van der Waals surface area contributed by atoms with Crippen LogP contribution in [0.3, 0.4) is 0 Å². The van der Waals surface area contributed by atoms with Gasteiger partial charge in [0, 0.05) is 32.8 Å². The molecule has 2 aliphatic rings. The molecule has 1 amide bonds. The number of amides is 1. The highest BCUT2D eigenvalue weighted by Gasteiger charge is 2.35. The number of hydrogen-bond donors (Lipinski definition) is 3. The van der Waals surface area contributed by atoms with Gasteiger partial charge in [0.2, 0.25) is 5.91 Å². The molecule has 154 valence electrons. The maximum absolute atomic E-state index is 11.8. The Bertz CT molecular complexity index is 652. The summed E-state index contributed by atoms with van der Waals surface area (Å²) >= 11 is 0. The first-order chi connectivity index (χ1) is 13.7. The van der Waals surface area contributed by atoms with Crippen LogP contribution in [0, 0.1) is 0 Å². The number of nitrogens with zero attached hydrogens (tertiary/aromatic N) is 1. The maximum Gasteiger partial charge on any atom is 0.234 e. The summed E-state index contributed by atoms with van der Waals surface area (Å²) in [6.07, 6.45) is 7.02. The molecule has 0 aromatic heterocycles. The molecular weight excluding hydrogens is 356 g/mol. The van der Waals surface area contributed by atoms with Gasteiger partial charge in [-0.1, -0.05) is 36.4 Å². The van der Waals surface area contributed by atoms with Crippen molar-refractivity contribution in [2.24, 2.45) is 5.73 Å². The quantitative estimate of drug-likeness (QED) is 0.666. The lowest BCUT2D eigenvalue weighted by Crippen LogP contribution is -2.43. The minimum atomic E-state index is -0.279. The van der Waals surface area contributed by atoms with Crippen LogP contribution in [-0.4, -0.2) is 62.7 Å². The van der Waals surface area contributed by atoms with E-state index in [1.807, 2.05) is 0 Å². The molecule has 2 aliphatic heterocycles. The van der Waals surface area contributed by atoms with Crippen molar-refractivity contribution in [2.45, 2.75) is 38.0 Å². The Balaban J connectivity index is 1.60. The van der Waals surface area contributed by atoms with Crippen molar-refractivity contribution >= 4 is 12.0 Å². The van der Waals surface area contributed by atoms with Crippen LogP contribution in [0.15, 0.2) is 30.3 Å². The van der Waals surface area contributed by atoms with Gasteiger partial charge in [0.25, 0.3) is 0 Å². The second-order valence-corrected chi connectivity index (χ2v) is 7.30. The number of carbonyl (C=O) groups excluding carboxylic acids is 1. The number of allylic oxidation sites excluding steroid dienone is 1. The van der Waals surface area contributed by atoms with Crippen LogP contribution < -0.4 is 16.4 Å². The van der Waals surface area contributed by atoms with Gasteiger partial charge in [-0.05, 0) is 30.4 Å². The van der Waals surface area contributed by atoms with E-state index in [0.29, 0.717) is 19.9 Å². The van der Waals surface area contributed by atoms with Crippen molar-refractivity contribution in [2.75, 3.05) is 39.7 Å². The van der Waals surface area contributed by atoms with Crippen LogP contribution in [0.25, 0.3) is 6.08 Å². The fourth-order valence-corrected chi connectivity index (χ4v) is 3.70. The summed E-state index contributed by atoms with van der Waals surface area (Å²) < 4.78 is 11.6.